The van der Waals surface area contributed by atoms with E-state index in [1.165, 1.54) is 43.3 Å². The molecule has 2 fully saturated rings. The van der Waals surface area contributed by atoms with Crippen molar-refractivity contribution in [2.45, 2.75) is 38.1 Å². The number of rotatable bonds is 0. The summed E-state index contributed by atoms with van der Waals surface area (Å²) in [5.41, 5.74) is 0. The minimum Gasteiger partial charge on any atom is -0.323 e. The van der Waals surface area contributed by atoms with E-state index in [9.17, 15) is 0 Å². The van der Waals surface area contributed by atoms with Crippen LogP contribution in [0.1, 0.15) is 32.1 Å². The molecule has 0 bridgehead atoms. The van der Waals surface area contributed by atoms with Crippen LogP contribution in [0.25, 0.3) is 0 Å². The lowest BCUT2D eigenvalue weighted by molar-refractivity contribution is -0.945. The summed E-state index contributed by atoms with van der Waals surface area (Å²) < 4.78 is 1.19. The highest BCUT2D eigenvalue weighted by atomic mass is 15.4. The van der Waals surface area contributed by atoms with Crippen molar-refractivity contribution in [1.29, 1.82) is 5.26 Å². The largest absolute Gasteiger partial charge is 0.323 e. The first kappa shape index (κ1) is 9.02. The summed E-state index contributed by atoms with van der Waals surface area (Å²) in [6.45, 7) is 2.62. The van der Waals surface area contributed by atoms with Gasteiger partial charge in [0, 0.05) is 6.42 Å². The Morgan fingerprint density at radius 3 is 2.69 bits per heavy atom. The van der Waals surface area contributed by atoms with E-state index < -0.39 is 0 Å². The van der Waals surface area contributed by atoms with Crippen LogP contribution in [0, 0.1) is 17.2 Å². The molecule has 0 aromatic carbocycles. The van der Waals surface area contributed by atoms with E-state index in [-0.39, 0.29) is 0 Å². The predicted molar refractivity (Wildman–Crippen MR) is 51.9 cm³/mol. The SMILES string of the molecule is C[N@+]12CCCC[C@@H]1[C@@H](C#N)CCC2. The van der Waals surface area contributed by atoms with Gasteiger partial charge in [-0.2, -0.15) is 5.26 Å². The van der Waals surface area contributed by atoms with Crippen molar-refractivity contribution < 1.29 is 4.48 Å². The van der Waals surface area contributed by atoms with Gasteiger partial charge in [-0.1, -0.05) is 0 Å². The molecule has 0 saturated carbocycles. The molecule has 2 nitrogen and oxygen atoms in total. The van der Waals surface area contributed by atoms with Gasteiger partial charge < -0.3 is 4.48 Å². The van der Waals surface area contributed by atoms with E-state index in [2.05, 4.69) is 13.1 Å². The van der Waals surface area contributed by atoms with Crippen molar-refractivity contribution in [2.24, 2.45) is 5.92 Å². The molecular formula is C11H19N2+. The monoisotopic (exact) mass is 179 g/mol. The lowest BCUT2D eigenvalue weighted by Crippen LogP contribution is -2.60. The maximum absolute atomic E-state index is 9.08. The number of nitrogens with zero attached hydrogens (tertiary/aromatic N) is 2. The van der Waals surface area contributed by atoms with E-state index in [1.54, 1.807) is 0 Å². The number of piperidine rings is 2. The van der Waals surface area contributed by atoms with Gasteiger partial charge in [-0.15, -0.1) is 0 Å². The molecule has 0 unspecified atom stereocenters. The first-order chi connectivity index (χ1) is 6.26. The fourth-order valence-corrected chi connectivity index (χ4v) is 3.23. The third-order valence-electron chi connectivity index (χ3n) is 4.03. The first-order valence-corrected chi connectivity index (χ1v) is 5.50. The van der Waals surface area contributed by atoms with Gasteiger partial charge >= 0.3 is 0 Å². The zero-order valence-electron chi connectivity index (χ0n) is 8.50. The van der Waals surface area contributed by atoms with Crippen molar-refractivity contribution in [3.63, 3.8) is 0 Å². The second-order valence-electron chi connectivity index (χ2n) is 4.87. The number of fused-ring (bicyclic) bond motifs is 1. The molecule has 2 aliphatic heterocycles. The number of quaternary nitrogens is 1. The third-order valence-corrected chi connectivity index (χ3v) is 4.03. The van der Waals surface area contributed by atoms with Crippen LogP contribution in [0.3, 0.4) is 0 Å². The molecule has 0 aromatic rings. The standard InChI is InChI=1S/C11H19N2/c1-13-7-3-2-6-11(13)10(9-12)5-4-8-13/h10-11H,2-8H2,1H3/q+1/t10-,11-,13-/m1/s1. The molecule has 3 atom stereocenters. The molecule has 0 N–H and O–H groups in total. The molecule has 2 heterocycles. The molecule has 2 saturated heterocycles. The van der Waals surface area contributed by atoms with Gasteiger partial charge in [0.25, 0.3) is 0 Å². The lowest BCUT2D eigenvalue weighted by atomic mass is 9.82. The van der Waals surface area contributed by atoms with Crippen LogP contribution in [0.2, 0.25) is 0 Å². The fraction of sp³-hybridized carbons (Fsp3) is 0.909. The molecular weight excluding hydrogens is 160 g/mol. The molecule has 2 rings (SSSR count). The molecule has 0 aromatic heterocycles. The molecule has 72 valence electrons. The summed E-state index contributed by atoms with van der Waals surface area (Å²) in [4.78, 5) is 0. The van der Waals surface area contributed by atoms with Crippen molar-refractivity contribution in [3.8, 4) is 6.07 Å². The second kappa shape index (κ2) is 3.31. The Hall–Kier alpha value is -0.550. The van der Waals surface area contributed by atoms with Gasteiger partial charge in [-0.25, -0.2) is 0 Å². The number of hydrogen-bond donors (Lipinski definition) is 0. The summed E-state index contributed by atoms with van der Waals surface area (Å²) in [6, 6.07) is 3.17. The topological polar surface area (TPSA) is 23.8 Å². The summed E-state index contributed by atoms with van der Waals surface area (Å²) >= 11 is 0. The van der Waals surface area contributed by atoms with Gasteiger partial charge in [0.2, 0.25) is 0 Å². The Balaban J connectivity index is 2.17. The fourth-order valence-electron chi connectivity index (χ4n) is 3.23. The van der Waals surface area contributed by atoms with Crippen LogP contribution in [-0.4, -0.2) is 30.7 Å². The highest BCUT2D eigenvalue weighted by molar-refractivity contribution is 4.92. The summed E-state index contributed by atoms with van der Waals surface area (Å²) in [7, 11) is 2.35. The Morgan fingerprint density at radius 1 is 1.15 bits per heavy atom. The summed E-state index contributed by atoms with van der Waals surface area (Å²) in [6.07, 6.45) is 6.40. The Morgan fingerprint density at radius 2 is 1.92 bits per heavy atom. The van der Waals surface area contributed by atoms with Crippen molar-refractivity contribution in [3.05, 3.63) is 0 Å². The Bertz CT molecular complexity index is 227. The van der Waals surface area contributed by atoms with E-state index >= 15 is 0 Å². The molecule has 0 amide bonds. The van der Waals surface area contributed by atoms with Crippen molar-refractivity contribution in [2.75, 3.05) is 20.1 Å². The van der Waals surface area contributed by atoms with E-state index in [4.69, 9.17) is 5.26 Å². The second-order valence-corrected chi connectivity index (χ2v) is 4.87. The van der Waals surface area contributed by atoms with Crippen LogP contribution < -0.4 is 0 Å². The van der Waals surface area contributed by atoms with Crippen molar-refractivity contribution in [1.82, 2.24) is 0 Å². The van der Waals surface area contributed by atoms with Crippen LogP contribution in [0.5, 0.6) is 0 Å². The quantitative estimate of drug-likeness (QED) is 0.521. The summed E-state index contributed by atoms with van der Waals surface area (Å²) in [5.74, 6) is 0.346. The highest BCUT2D eigenvalue weighted by Gasteiger charge is 2.43. The van der Waals surface area contributed by atoms with Crippen LogP contribution in [0.15, 0.2) is 0 Å². The predicted octanol–water partition coefficient (Wildman–Crippen LogP) is 1.92. The molecule has 0 spiro atoms. The Labute approximate surface area is 80.7 Å². The molecule has 0 radical (unpaired) electrons. The normalized spacial score (nSPS) is 44.9. The van der Waals surface area contributed by atoms with Gasteiger partial charge in [0.05, 0.1) is 32.1 Å². The minimum absolute atomic E-state index is 0.346. The average molecular weight is 179 g/mol. The smallest absolute Gasteiger partial charge is 0.105 e. The molecule has 0 aliphatic carbocycles. The van der Waals surface area contributed by atoms with Gasteiger partial charge in [-0.3, -0.25) is 0 Å². The highest BCUT2D eigenvalue weighted by Crippen LogP contribution is 2.35. The first-order valence-electron chi connectivity index (χ1n) is 5.50. The summed E-state index contributed by atoms with van der Waals surface area (Å²) in [5, 5.41) is 9.08. The maximum Gasteiger partial charge on any atom is 0.105 e. The van der Waals surface area contributed by atoms with Crippen molar-refractivity contribution >= 4 is 0 Å². The average Bonchev–Trinajstić information content (AvgIpc) is 2.15. The van der Waals surface area contributed by atoms with Gasteiger partial charge in [0.1, 0.15) is 6.04 Å². The van der Waals surface area contributed by atoms with Gasteiger partial charge in [-0.05, 0) is 25.7 Å². The number of hydrogen-bond acceptors (Lipinski definition) is 1. The molecule has 2 aliphatic rings. The van der Waals surface area contributed by atoms with Crippen LogP contribution in [-0.2, 0) is 0 Å². The van der Waals surface area contributed by atoms with Gasteiger partial charge in [0.15, 0.2) is 0 Å². The van der Waals surface area contributed by atoms with Crippen LogP contribution >= 0.6 is 0 Å². The zero-order valence-corrected chi connectivity index (χ0v) is 8.50. The third kappa shape index (κ3) is 1.46. The Kier molecular flexibility index (Phi) is 2.29. The lowest BCUT2D eigenvalue weighted by Gasteiger charge is -2.49. The minimum atomic E-state index is 0.346. The zero-order chi connectivity index (χ0) is 9.31. The maximum atomic E-state index is 9.08. The molecule has 13 heavy (non-hydrogen) atoms. The molecule has 2 heteroatoms. The van der Waals surface area contributed by atoms with Crippen LogP contribution in [0.4, 0.5) is 0 Å². The van der Waals surface area contributed by atoms with E-state index in [0.29, 0.717) is 12.0 Å². The van der Waals surface area contributed by atoms with E-state index in [0.717, 1.165) is 6.42 Å². The number of nitriles is 1. The van der Waals surface area contributed by atoms with E-state index in [1.807, 2.05) is 0 Å².